The number of nitrogens with zero attached hydrogens (tertiary/aromatic N) is 2. The molecule has 3 rings (SSSR count). The van der Waals surface area contributed by atoms with Gasteiger partial charge in [-0.2, -0.15) is 4.98 Å². The zero-order chi connectivity index (χ0) is 16.4. The summed E-state index contributed by atoms with van der Waals surface area (Å²) in [5.74, 6) is 2.30. The number of ether oxygens (including phenoxy) is 1. The molecule has 1 N–H and O–H groups in total. The summed E-state index contributed by atoms with van der Waals surface area (Å²) in [5, 5.41) is 7.53. The fourth-order valence-electron chi connectivity index (χ4n) is 2.94. The minimum atomic E-state index is 0.200. The van der Waals surface area contributed by atoms with Crippen molar-refractivity contribution in [3.8, 4) is 17.1 Å². The Hall–Kier alpha value is -1.88. The van der Waals surface area contributed by atoms with Crippen molar-refractivity contribution in [2.24, 2.45) is 0 Å². The molecule has 1 saturated heterocycles. The molecule has 1 aliphatic rings. The van der Waals surface area contributed by atoms with Crippen molar-refractivity contribution in [2.45, 2.75) is 59.1 Å². The lowest BCUT2D eigenvalue weighted by molar-refractivity contribution is 0.214. The molecule has 1 aromatic heterocycles. The number of nitrogens with one attached hydrogen (secondary N) is 1. The Balaban J connectivity index is 1.86. The monoisotopic (exact) mass is 315 g/mol. The molecule has 0 radical (unpaired) electrons. The average molecular weight is 315 g/mol. The molecule has 2 aromatic rings. The van der Waals surface area contributed by atoms with Crippen molar-refractivity contribution in [2.75, 3.05) is 6.54 Å². The van der Waals surface area contributed by atoms with Crippen LogP contribution in [-0.2, 0) is 0 Å². The summed E-state index contributed by atoms with van der Waals surface area (Å²) in [4.78, 5) is 4.57. The summed E-state index contributed by atoms with van der Waals surface area (Å²) >= 11 is 0. The summed E-state index contributed by atoms with van der Waals surface area (Å²) in [7, 11) is 0. The maximum atomic E-state index is 6.03. The first-order chi connectivity index (χ1) is 11.1. The highest BCUT2D eigenvalue weighted by molar-refractivity contribution is 5.61. The van der Waals surface area contributed by atoms with E-state index >= 15 is 0 Å². The molecule has 1 aromatic carbocycles. The van der Waals surface area contributed by atoms with Crippen LogP contribution in [0.25, 0.3) is 11.4 Å². The highest BCUT2D eigenvalue weighted by Gasteiger charge is 2.23. The van der Waals surface area contributed by atoms with E-state index in [9.17, 15) is 0 Å². The van der Waals surface area contributed by atoms with E-state index in [2.05, 4.69) is 55.3 Å². The van der Waals surface area contributed by atoms with Crippen LogP contribution >= 0.6 is 0 Å². The molecular weight excluding hydrogens is 290 g/mol. The predicted octanol–water partition coefficient (Wildman–Crippen LogP) is 3.96. The maximum Gasteiger partial charge on any atom is 0.244 e. The molecule has 0 bridgehead atoms. The fraction of sp³-hybridized carbons (Fsp3) is 0.556. The fourth-order valence-corrected chi connectivity index (χ4v) is 2.94. The smallest absolute Gasteiger partial charge is 0.244 e. The van der Waals surface area contributed by atoms with E-state index < -0.39 is 0 Å². The molecule has 0 unspecified atom stereocenters. The van der Waals surface area contributed by atoms with Crippen LogP contribution in [0, 0.1) is 13.8 Å². The molecule has 0 saturated carbocycles. The first-order valence-electron chi connectivity index (χ1n) is 8.43. The van der Waals surface area contributed by atoms with E-state index in [0.717, 1.165) is 48.2 Å². The third kappa shape index (κ3) is 3.39. The second kappa shape index (κ2) is 6.71. The summed E-state index contributed by atoms with van der Waals surface area (Å²) in [6.45, 7) is 9.36. The first kappa shape index (κ1) is 16.0. The van der Waals surface area contributed by atoms with Crippen LogP contribution in [0.3, 0.4) is 0 Å². The van der Waals surface area contributed by atoms with Gasteiger partial charge in [0.25, 0.3) is 0 Å². The number of hydrogen-bond donors (Lipinski definition) is 1. The maximum absolute atomic E-state index is 6.03. The third-order valence-corrected chi connectivity index (χ3v) is 4.41. The van der Waals surface area contributed by atoms with E-state index in [1.807, 2.05) is 0 Å². The van der Waals surface area contributed by atoms with E-state index in [1.54, 1.807) is 0 Å². The Bertz CT molecular complexity index is 652. The van der Waals surface area contributed by atoms with Crippen molar-refractivity contribution in [3.63, 3.8) is 0 Å². The Morgan fingerprint density at radius 1 is 1.35 bits per heavy atom. The van der Waals surface area contributed by atoms with Crippen LogP contribution < -0.4 is 10.1 Å². The largest absolute Gasteiger partial charge is 0.490 e. The molecule has 1 aliphatic heterocycles. The van der Waals surface area contributed by atoms with E-state index in [4.69, 9.17) is 9.26 Å². The lowest BCUT2D eigenvalue weighted by Crippen LogP contribution is -2.13. The summed E-state index contributed by atoms with van der Waals surface area (Å²) in [6.07, 6.45) is 3.41. The summed E-state index contributed by atoms with van der Waals surface area (Å²) in [5.41, 5.74) is 3.18. The van der Waals surface area contributed by atoms with Crippen LogP contribution in [-0.4, -0.2) is 22.8 Å². The minimum Gasteiger partial charge on any atom is -0.490 e. The van der Waals surface area contributed by atoms with E-state index in [1.165, 1.54) is 0 Å². The Labute approximate surface area is 137 Å². The van der Waals surface area contributed by atoms with Crippen LogP contribution in [0.15, 0.2) is 16.7 Å². The molecule has 0 amide bonds. The first-order valence-corrected chi connectivity index (χ1v) is 8.43. The van der Waals surface area contributed by atoms with Crippen LogP contribution in [0.5, 0.6) is 5.75 Å². The van der Waals surface area contributed by atoms with E-state index in [-0.39, 0.29) is 12.1 Å². The highest BCUT2D eigenvalue weighted by atomic mass is 16.5. The highest BCUT2D eigenvalue weighted by Crippen LogP contribution is 2.31. The van der Waals surface area contributed by atoms with Gasteiger partial charge in [0.15, 0.2) is 0 Å². The lowest BCUT2D eigenvalue weighted by atomic mass is 10.0. The standard InChI is InChI=1S/C18H25N3O2/c1-5-13(4)22-16-11(2)9-14(10-12(16)3)17-20-18(23-21-17)15-7-6-8-19-15/h9-10,13,15,19H,5-8H2,1-4H3/t13-,15-/m1/s1. The Kier molecular flexibility index (Phi) is 4.66. The molecule has 0 spiro atoms. The molecule has 5 nitrogen and oxygen atoms in total. The lowest BCUT2D eigenvalue weighted by Gasteiger charge is -2.17. The second-order valence-electron chi connectivity index (χ2n) is 6.38. The molecule has 23 heavy (non-hydrogen) atoms. The number of benzene rings is 1. The van der Waals surface area contributed by atoms with Gasteiger partial charge in [-0.05, 0) is 69.8 Å². The molecule has 124 valence electrons. The summed E-state index contributed by atoms with van der Waals surface area (Å²) in [6, 6.07) is 4.34. The molecule has 5 heteroatoms. The van der Waals surface area contributed by atoms with Gasteiger partial charge in [0.05, 0.1) is 12.1 Å². The van der Waals surface area contributed by atoms with Crippen molar-refractivity contribution in [1.82, 2.24) is 15.5 Å². The topological polar surface area (TPSA) is 60.2 Å². The van der Waals surface area contributed by atoms with Gasteiger partial charge >= 0.3 is 0 Å². The summed E-state index contributed by atoms with van der Waals surface area (Å²) < 4.78 is 11.5. The van der Waals surface area contributed by atoms with Crippen molar-refractivity contribution >= 4 is 0 Å². The van der Waals surface area contributed by atoms with Crippen molar-refractivity contribution < 1.29 is 9.26 Å². The van der Waals surface area contributed by atoms with Gasteiger partial charge in [0, 0.05) is 5.56 Å². The zero-order valence-corrected chi connectivity index (χ0v) is 14.3. The van der Waals surface area contributed by atoms with Crippen LogP contribution in [0.4, 0.5) is 0 Å². The third-order valence-electron chi connectivity index (χ3n) is 4.41. The zero-order valence-electron chi connectivity index (χ0n) is 14.3. The second-order valence-corrected chi connectivity index (χ2v) is 6.38. The van der Waals surface area contributed by atoms with Gasteiger partial charge < -0.3 is 14.6 Å². The minimum absolute atomic E-state index is 0.200. The van der Waals surface area contributed by atoms with Gasteiger partial charge in [-0.3, -0.25) is 0 Å². The van der Waals surface area contributed by atoms with Gasteiger partial charge in [0.2, 0.25) is 11.7 Å². The number of aromatic nitrogens is 2. The molecule has 2 atom stereocenters. The molecular formula is C18H25N3O2. The average Bonchev–Trinajstić information content (AvgIpc) is 3.20. The van der Waals surface area contributed by atoms with Gasteiger partial charge in [-0.15, -0.1) is 0 Å². The van der Waals surface area contributed by atoms with Gasteiger partial charge in [-0.1, -0.05) is 12.1 Å². The number of aryl methyl sites for hydroxylation is 2. The molecule has 2 heterocycles. The predicted molar refractivity (Wildman–Crippen MR) is 89.6 cm³/mol. The molecule has 0 aliphatic carbocycles. The van der Waals surface area contributed by atoms with Crippen LogP contribution in [0.1, 0.15) is 56.2 Å². The number of hydrogen-bond acceptors (Lipinski definition) is 5. The Morgan fingerprint density at radius 3 is 2.70 bits per heavy atom. The van der Waals surface area contributed by atoms with Crippen LogP contribution in [0.2, 0.25) is 0 Å². The number of rotatable bonds is 5. The quantitative estimate of drug-likeness (QED) is 0.905. The molecule has 1 fully saturated rings. The Morgan fingerprint density at radius 2 is 2.09 bits per heavy atom. The van der Waals surface area contributed by atoms with Gasteiger partial charge in [0.1, 0.15) is 5.75 Å². The van der Waals surface area contributed by atoms with Crippen molar-refractivity contribution in [3.05, 3.63) is 29.2 Å². The van der Waals surface area contributed by atoms with Gasteiger partial charge in [-0.25, -0.2) is 0 Å². The van der Waals surface area contributed by atoms with E-state index in [0.29, 0.717) is 11.7 Å². The van der Waals surface area contributed by atoms with Crippen molar-refractivity contribution in [1.29, 1.82) is 0 Å². The normalized spacial score (nSPS) is 19.0. The SMILES string of the molecule is CC[C@@H](C)Oc1c(C)cc(-c2noc([C@H]3CCCN3)n2)cc1C.